The van der Waals surface area contributed by atoms with Gasteiger partial charge in [-0.3, -0.25) is 4.21 Å². The number of fused-ring (bicyclic) bond motifs is 1. The Morgan fingerprint density at radius 3 is 2.42 bits per heavy atom. The predicted octanol–water partition coefficient (Wildman–Crippen LogP) is 4.39. The molecule has 120 valence electrons. The topological polar surface area (TPSA) is 26.3 Å². The Hall–Kier alpha value is -2.57. The Morgan fingerprint density at radius 2 is 1.83 bits per heavy atom. The van der Waals surface area contributed by atoms with E-state index in [4.69, 9.17) is 11.2 Å². The van der Waals surface area contributed by atoms with Gasteiger partial charge in [0.15, 0.2) is 0 Å². The Labute approximate surface area is 145 Å². The van der Waals surface area contributed by atoms with Crippen LogP contribution in [-0.4, -0.2) is 17.6 Å². The minimum absolute atomic E-state index is 0.797. The summed E-state index contributed by atoms with van der Waals surface area (Å²) in [5.41, 5.74) is 6.31. The van der Waals surface area contributed by atoms with Gasteiger partial charge in [-0.25, -0.2) is 0 Å². The summed E-state index contributed by atoms with van der Waals surface area (Å²) in [6.45, 7) is 2.04. The van der Waals surface area contributed by atoms with Crippen molar-refractivity contribution in [3.63, 3.8) is 0 Å². The van der Waals surface area contributed by atoms with E-state index in [1.165, 1.54) is 0 Å². The van der Waals surface area contributed by atoms with Crippen LogP contribution < -0.4 is 4.74 Å². The van der Waals surface area contributed by atoms with Gasteiger partial charge in [-0.05, 0) is 59.5 Å². The minimum Gasteiger partial charge on any atom is -0.497 e. The van der Waals surface area contributed by atoms with Crippen LogP contribution in [0.2, 0.25) is 0 Å². The molecule has 0 aliphatic heterocycles. The van der Waals surface area contributed by atoms with Crippen molar-refractivity contribution in [2.45, 2.75) is 11.8 Å². The van der Waals surface area contributed by atoms with Crippen molar-refractivity contribution in [2.75, 3.05) is 13.4 Å². The first kappa shape index (κ1) is 16.3. The number of terminal acetylenes is 1. The van der Waals surface area contributed by atoms with E-state index in [0.29, 0.717) is 0 Å². The van der Waals surface area contributed by atoms with E-state index in [2.05, 4.69) is 12.0 Å². The molecule has 24 heavy (non-hydrogen) atoms. The van der Waals surface area contributed by atoms with E-state index in [0.717, 1.165) is 44.1 Å². The summed E-state index contributed by atoms with van der Waals surface area (Å²) in [7, 11) is 0.686. The molecule has 0 saturated carbocycles. The van der Waals surface area contributed by atoms with Gasteiger partial charge in [-0.1, -0.05) is 24.1 Å². The summed E-state index contributed by atoms with van der Waals surface area (Å²) >= 11 is 0. The van der Waals surface area contributed by atoms with E-state index < -0.39 is 10.8 Å². The molecule has 1 aliphatic carbocycles. The maximum atomic E-state index is 11.5. The standard InChI is InChI=1S/C21H18O2S/c1-5-18-14(2)20(19-11-8-16(23-3)13-21(18)19)12-15-6-9-17(10-7-15)24(4)22/h1,6-13H,2-4H3. The summed E-state index contributed by atoms with van der Waals surface area (Å²) in [4.78, 5) is 0.824. The summed E-state index contributed by atoms with van der Waals surface area (Å²) in [5.74, 6) is 3.60. The van der Waals surface area contributed by atoms with Gasteiger partial charge in [0.25, 0.3) is 0 Å². The van der Waals surface area contributed by atoms with Gasteiger partial charge >= 0.3 is 0 Å². The highest BCUT2D eigenvalue weighted by Gasteiger charge is 2.23. The van der Waals surface area contributed by atoms with Gasteiger partial charge in [0.2, 0.25) is 0 Å². The fourth-order valence-electron chi connectivity index (χ4n) is 2.93. The number of methoxy groups -OCH3 is 1. The van der Waals surface area contributed by atoms with Gasteiger partial charge < -0.3 is 4.74 Å². The highest BCUT2D eigenvalue weighted by atomic mass is 32.2. The number of ether oxygens (including phenoxy) is 1. The van der Waals surface area contributed by atoms with Crippen molar-refractivity contribution in [2.24, 2.45) is 0 Å². The van der Waals surface area contributed by atoms with Gasteiger partial charge in [-0.15, -0.1) is 6.42 Å². The Kier molecular flexibility index (Phi) is 4.42. The van der Waals surface area contributed by atoms with Crippen LogP contribution in [0.5, 0.6) is 5.75 Å². The monoisotopic (exact) mass is 334 g/mol. The number of hydrogen-bond donors (Lipinski definition) is 0. The summed E-state index contributed by atoms with van der Waals surface area (Å²) in [5, 5.41) is 0. The molecule has 0 saturated heterocycles. The first-order chi connectivity index (χ1) is 11.5. The number of rotatable bonds is 3. The van der Waals surface area contributed by atoms with Crippen LogP contribution in [0, 0.1) is 12.3 Å². The largest absolute Gasteiger partial charge is 0.497 e. The van der Waals surface area contributed by atoms with E-state index in [9.17, 15) is 4.21 Å². The molecule has 3 heteroatoms. The lowest BCUT2D eigenvalue weighted by Crippen LogP contribution is -1.88. The summed E-state index contributed by atoms with van der Waals surface area (Å²) in [6.07, 6.45) is 9.53. The van der Waals surface area contributed by atoms with Crippen LogP contribution in [-0.2, 0) is 10.8 Å². The molecule has 0 amide bonds. The van der Waals surface area contributed by atoms with Crippen LogP contribution in [0.1, 0.15) is 23.6 Å². The molecular formula is C21H18O2S. The lowest BCUT2D eigenvalue weighted by Gasteiger charge is -2.06. The molecule has 0 aromatic heterocycles. The predicted molar refractivity (Wildman–Crippen MR) is 101 cm³/mol. The molecule has 0 fully saturated rings. The highest BCUT2D eigenvalue weighted by molar-refractivity contribution is 7.84. The second-order valence-electron chi connectivity index (χ2n) is 5.64. The molecule has 0 heterocycles. The summed E-state index contributed by atoms with van der Waals surface area (Å²) in [6, 6.07) is 13.7. The van der Waals surface area contributed by atoms with E-state index in [-0.39, 0.29) is 0 Å². The molecule has 0 bridgehead atoms. The maximum absolute atomic E-state index is 11.5. The second-order valence-corrected chi connectivity index (χ2v) is 7.02. The van der Waals surface area contributed by atoms with Crippen LogP contribution in [0.25, 0.3) is 17.2 Å². The molecule has 1 aliphatic rings. The smallest absolute Gasteiger partial charge is 0.119 e. The van der Waals surface area contributed by atoms with Crippen molar-refractivity contribution < 1.29 is 8.95 Å². The van der Waals surface area contributed by atoms with E-state index in [1.807, 2.05) is 49.4 Å². The highest BCUT2D eigenvalue weighted by Crippen LogP contribution is 2.43. The van der Waals surface area contributed by atoms with E-state index >= 15 is 0 Å². The molecule has 0 spiro atoms. The Balaban J connectivity index is 2.10. The zero-order chi connectivity index (χ0) is 17.3. The molecule has 2 aromatic rings. The second kappa shape index (κ2) is 6.51. The third-order valence-corrected chi connectivity index (χ3v) is 5.17. The lowest BCUT2D eigenvalue weighted by molar-refractivity contribution is 0.414. The van der Waals surface area contributed by atoms with Crippen LogP contribution >= 0.6 is 0 Å². The molecule has 0 N–H and O–H groups in total. The van der Waals surface area contributed by atoms with Gasteiger partial charge in [0.1, 0.15) is 5.75 Å². The number of hydrogen-bond acceptors (Lipinski definition) is 2. The fraction of sp³-hybridized carbons (Fsp3) is 0.143. The van der Waals surface area contributed by atoms with Gasteiger partial charge in [0.05, 0.1) is 7.11 Å². The summed E-state index contributed by atoms with van der Waals surface area (Å²) < 4.78 is 16.8. The van der Waals surface area contributed by atoms with Crippen molar-refractivity contribution in [3.05, 3.63) is 64.7 Å². The van der Waals surface area contributed by atoms with Crippen molar-refractivity contribution in [1.82, 2.24) is 0 Å². The quantitative estimate of drug-likeness (QED) is 0.778. The molecule has 1 unspecified atom stereocenters. The molecule has 0 radical (unpaired) electrons. The van der Waals surface area contributed by atoms with Crippen LogP contribution in [0.3, 0.4) is 0 Å². The fourth-order valence-corrected chi connectivity index (χ4v) is 3.44. The first-order valence-electron chi connectivity index (χ1n) is 7.57. The third-order valence-electron chi connectivity index (χ3n) is 4.23. The maximum Gasteiger partial charge on any atom is 0.119 e. The van der Waals surface area contributed by atoms with E-state index in [1.54, 1.807) is 13.4 Å². The Morgan fingerprint density at radius 1 is 1.12 bits per heavy atom. The first-order valence-corrected chi connectivity index (χ1v) is 9.12. The van der Waals surface area contributed by atoms with Crippen LogP contribution in [0.4, 0.5) is 0 Å². The molecular weight excluding hydrogens is 316 g/mol. The molecule has 1 atom stereocenters. The van der Waals surface area contributed by atoms with Crippen LogP contribution in [0.15, 0.2) is 52.9 Å². The van der Waals surface area contributed by atoms with Gasteiger partial charge in [-0.2, -0.15) is 0 Å². The minimum atomic E-state index is -0.966. The number of allylic oxidation sites excluding steroid dienone is 3. The zero-order valence-corrected chi connectivity index (χ0v) is 14.7. The van der Waals surface area contributed by atoms with Gasteiger partial charge in [0, 0.05) is 33.1 Å². The zero-order valence-electron chi connectivity index (χ0n) is 13.9. The average Bonchev–Trinajstić information content (AvgIpc) is 2.86. The third kappa shape index (κ3) is 2.81. The molecule has 2 aromatic carbocycles. The molecule has 2 nitrogen and oxygen atoms in total. The van der Waals surface area contributed by atoms with Crippen molar-refractivity contribution >= 4 is 28.0 Å². The average molecular weight is 334 g/mol. The molecule has 3 rings (SSSR count). The SMILES string of the molecule is C#CC1=C(C)C(=Cc2ccc(S(C)=O)cc2)c2ccc(OC)cc21. The normalized spacial score (nSPS) is 16.0. The Bertz CT molecular complexity index is 925. The van der Waals surface area contributed by atoms with Crippen molar-refractivity contribution in [1.29, 1.82) is 0 Å². The number of benzene rings is 2. The van der Waals surface area contributed by atoms with Crippen molar-refractivity contribution in [3.8, 4) is 18.1 Å². The lowest BCUT2D eigenvalue weighted by atomic mass is 10.0.